The minimum atomic E-state index is 0.773. The van der Waals surface area contributed by atoms with E-state index in [1.165, 1.54) is 57.1 Å². The monoisotopic (exact) mass is 285 g/mol. The molecule has 116 valence electrons. The first-order valence-electron chi connectivity index (χ1n) is 9.06. The lowest BCUT2D eigenvalue weighted by atomic mass is 9.65. The third-order valence-corrected chi connectivity index (χ3v) is 5.90. The molecule has 0 bridgehead atoms. The summed E-state index contributed by atoms with van der Waals surface area (Å²) < 4.78 is 0. The van der Waals surface area contributed by atoms with E-state index in [2.05, 4.69) is 44.0 Å². The number of nitrogens with zero attached hydrogens (tertiary/aromatic N) is 1. The van der Waals surface area contributed by atoms with Gasteiger partial charge < -0.3 is 4.90 Å². The van der Waals surface area contributed by atoms with E-state index in [0.717, 1.165) is 17.9 Å². The second-order valence-electron chi connectivity index (χ2n) is 7.19. The Hall–Kier alpha value is -0.820. The topological polar surface area (TPSA) is 3.24 Å². The standard InChI is InChI=1S/C20H31N/c1-4-12-21(3)20-14-16-11-10-15(5-2)13-19(16)17-8-6-7-9-18(17)20/h10-11,13,17-18,20H,4-9,12,14H2,1-3H3/t17?,18?,20-/m0/s1. The largest absolute Gasteiger partial charge is 0.303 e. The molecule has 1 aromatic carbocycles. The molecule has 3 rings (SSSR count). The minimum absolute atomic E-state index is 0.773. The van der Waals surface area contributed by atoms with E-state index < -0.39 is 0 Å². The van der Waals surface area contributed by atoms with Crippen LogP contribution < -0.4 is 0 Å². The highest BCUT2D eigenvalue weighted by molar-refractivity contribution is 5.39. The van der Waals surface area contributed by atoms with Crippen molar-refractivity contribution in [3.63, 3.8) is 0 Å². The molecule has 0 spiro atoms. The van der Waals surface area contributed by atoms with Crippen molar-refractivity contribution in [2.45, 2.75) is 70.8 Å². The smallest absolute Gasteiger partial charge is 0.0167 e. The fraction of sp³-hybridized carbons (Fsp3) is 0.700. The first-order valence-corrected chi connectivity index (χ1v) is 9.06. The average Bonchev–Trinajstić information content (AvgIpc) is 2.53. The van der Waals surface area contributed by atoms with E-state index >= 15 is 0 Å². The molecule has 0 heterocycles. The Morgan fingerprint density at radius 1 is 1.14 bits per heavy atom. The van der Waals surface area contributed by atoms with Crippen molar-refractivity contribution in [3.05, 3.63) is 34.9 Å². The van der Waals surface area contributed by atoms with Gasteiger partial charge in [0, 0.05) is 6.04 Å². The Morgan fingerprint density at radius 2 is 1.95 bits per heavy atom. The molecule has 0 aliphatic heterocycles. The molecule has 1 aromatic rings. The molecule has 0 amide bonds. The zero-order valence-electron chi connectivity index (χ0n) is 14.1. The van der Waals surface area contributed by atoms with Crippen molar-refractivity contribution in [3.8, 4) is 0 Å². The molecule has 0 saturated heterocycles. The Morgan fingerprint density at radius 3 is 2.71 bits per heavy atom. The summed E-state index contributed by atoms with van der Waals surface area (Å²) in [6, 6.07) is 8.11. The molecule has 2 aliphatic rings. The first-order chi connectivity index (χ1) is 10.2. The van der Waals surface area contributed by atoms with Gasteiger partial charge in [-0.3, -0.25) is 0 Å². The molecule has 0 radical (unpaired) electrons. The molecule has 1 saturated carbocycles. The van der Waals surface area contributed by atoms with Crippen LogP contribution in [0.2, 0.25) is 0 Å². The van der Waals surface area contributed by atoms with Gasteiger partial charge in [0.15, 0.2) is 0 Å². The quantitative estimate of drug-likeness (QED) is 0.769. The highest BCUT2D eigenvalue weighted by Crippen LogP contribution is 2.46. The number of hydrogen-bond acceptors (Lipinski definition) is 1. The fourth-order valence-electron chi connectivity index (χ4n) is 4.78. The lowest BCUT2D eigenvalue weighted by Crippen LogP contribution is -2.46. The van der Waals surface area contributed by atoms with Gasteiger partial charge in [0.1, 0.15) is 0 Å². The molecule has 21 heavy (non-hydrogen) atoms. The molecule has 0 aromatic heterocycles. The van der Waals surface area contributed by atoms with Gasteiger partial charge in [0.25, 0.3) is 0 Å². The van der Waals surface area contributed by atoms with Crippen molar-refractivity contribution in [1.29, 1.82) is 0 Å². The van der Waals surface area contributed by atoms with E-state index in [4.69, 9.17) is 0 Å². The highest BCUT2D eigenvalue weighted by Gasteiger charge is 2.39. The van der Waals surface area contributed by atoms with Crippen LogP contribution in [0, 0.1) is 5.92 Å². The van der Waals surface area contributed by atoms with Crippen LogP contribution in [-0.4, -0.2) is 24.5 Å². The van der Waals surface area contributed by atoms with Crippen molar-refractivity contribution in [2.24, 2.45) is 5.92 Å². The SMILES string of the molecule is CCCN(C)[C@H]1Cc2ccc(CC)cc2C2CCCCC21. The van der Waals surface area contributed by atoms with E-state index in [1.807, 2.05) is 0 Å². The maximum Gasteiger partial charge on any atom is 0.0167 e. The van der Waals surface area contributed by atoms with Crippen LogP contribution in [0.3, 0.4) is 0 Å². The van der Waals surface area contributed by atoms with Gasteiger partial charge in [0.05, 0.1) is 0 Å². The first kappa shape index (κ1) is 15.1. The van der Waals surface area contributed by atoms with Gasteiger partial charge in [-0.25, -0.2) is 0 Å². The summed E-state index contributed by atoms with van der Waals surface area (Å²) in [7, 11) is 2.35. The molecular weight excluding hydrogens is 254 g/mol. The Bertz CT molecular complexity index is 479. The van der Waals surface area contributed by atoms with Gasteiger partial charge in [0.2, 0.25) is 0 Å². The van der Waals surface area contributed by atoms with Crippen molar-refractivity contribution in [2.75, 3.05) is 13.6 Å². The van der Waals surface area contributed by atoms with E-state index in [-0.39, 0.29) is 0 Å². The van der Waals surface area contributed by atoms with Crippen LogP contribution in [0.4, 0.5) is 0 Å². The number of benzene rings is 1. The second-order valence-corrected chi connectivity index (χ2v) is 7.19. The fourth-order valence-corrected chi connectivity index (χ4v) is 4.78. The molecule has 0 N–H and O–H groups in total. The molecular formula is C20H31N. The maximum atomic E-state index is 2.65. The number of fused-ring (bicyclic) bond motifs is 3. The summed E-state index contributed by atoms with van der Waals surface area (Å²) in [5.41, 5.74) is 4.88. The summed E-state index contributed by atoms with van der Waals surface area (Å²) >= 11 is 0. The second kappa shape index (κ2) is 6.52. The van der Waals surface area contributed by atoms with Crippen LogP contribution in [0.15, 0.2) is 18.2 Å². The summed E-state index contributed by atoms with van der Waals surface area (Å²) in [5.74, 6) is 1.73. The normalized spacial score (nSPS) is 28.3. The Balaban J connectivity index is 1.94. The van der Waals surface area contributed by atoms with Crippen molar-refractivity contribution < 1.29 is 0 Å². The molecule has 2 aliphatic carbocycles. The maximum absolute atomic E-state index is 2.65. The number of aryl methyl sites for hydroxylation is 1. The number of rotatable bonds is 4. The molecule has 1 nitrogen and oxygen atoms in total. The van der Waals surface area contributed by atoms with Crippen molar-refractivity contribution >= 4 is 0 Å². The highest BCUT2D eigenvalue weighted by atomic mass is 15.1. The lowest BCUT2D eigenvalue weighted by molar-refractivity contribution is 0.115. The van der Waals surface area contributed by atoms with Gasteiger partial charge in [-0.05, 0) is 74.2 Å². The predicted octanol–water partition coefficient (Wildman–Crippen LogP) is 4.79. The zero-order valence-corrected chi connectivity index (χ0v) is 14.1. The summed E-state index contributed by atoms with van der Waals surface area (Å²) in [6.45, 7) is 5.83. The Labute approximate surface area is 130 Å². The van der Waals surface area contributed by atoms with Crippen molar-refractivity contribution in [1.82, 2.24) is 4.90 Å². The molecule has 1 heteroatoms. The van der Waals surface area contributed by atoms with E-state index in [0.29, 0.717) is 0 Å². The molecule has 3 atom stereocenters. The van der Waals surface area contributed by atoms with Gasteiger partial charge in [-0.1, -0.05) is 44.9 Å². The van der Waals surface area contributed by atoms with Crippen LogP contribution in [-0.2, 0) is 12.8 Å². The van der Waals surface area contributed by atoms with E-state index in [1.54, 1.807) is 11.1 Å². The minimum Gasteiger partial charge on any atom is -0.303 e. The number of likely N-dealkylation sites (N-methyl/N-ethyl adjacent to an activating group) is 1. The van der Waals surface area contributed by atoms with Gasteiger partial charge in [-0.2, -0.15) is 0 Å². The number of hydrogen-bond donors (Lipinski definition) is 0. The molecule has 2 unspecified atom stereocenters. The third kappa shape index (κ3) is 2.90. The zero-order chi connectivity index (χ0) is 14.8. The van der Waals surface area contributed by atoms with Gasteiger partial charge >= 0.3 is 0 Å². The van der Waals surface area contributed by atoms with Crippen LogP contribution in [0.5, 0.6) is 0 Å². The summed E-state index contributed by atoms with van der Waals surface area (Å²) in [4.78, 5) is 2.65. The third-order valence-electron chi connectivity index (χ3n) is 5.90. The summed E-state index contributed by atoms with van der Waals surface area (Å²) in [6.07, 6.45) is 9.45. The summed E-state index contributed by atoms with van der Waals surface area (Å²) in [5, 5.41) is 0. The average molecular weight is 285 g/mol. The predicted molar refractivity (Wildman–Crippen MR) is 90.9 cm³/mol. The van der Waals surface area contributed by atoms with Gasteiger partial charge in [-0.15, -0.1) is 0 Å². The van der Waals surface area contributed by atoms with Crippen LogP contribution >= 0.6 is 0 Å². The lowest BCUT2D eigenvalue weighted by Gasteiger charge is -2.46. The van der Waals surface area contributed by atoms with E-state index in [9.17, 15) is 0 Å². The van der Waals surface area contributed by atoms with Crippen LogP contribution in [0.25, 0.3) is 0 Å². The Kier molecular flexibility index (Phi) is 4.69. The molecule has 1 fully saturated rings. The van der Waals surface area contributed by atoms with Crippen LogP contribution in [0.1, 0.15) is 68.6 Å².